The summed E-state index contributed by atoms with van der Waals surface area (Å²) in [5.74, 6) is 1.93. The Kier molecular flexibility index (Phi) is 10.0. The highest BCUT2D eigenvalue weighted by molar-refractivity contribution is 7.89. The molecule has 2 aliphatic heterocycles. The fraction of sp³-hybridized carbons (Fsp3) is 0.515. The largest absolute Gasteiger partial charge is 0.497 e. The van der Waals surface area contributed by atoms with Gasteiger partial charge in [0.1, 0.15) is 35.6 Å². The number of nitrogens with one attached hydrogen (secondary N) is 2. The van der Waals surface area contributed by atoms with E-state index in [4.69, 9.17) is 9.72 Å². The summed E-state index contributed by atoms with van der Waals surface area (Å²) < 4.78 is 34.0. The molecule has 4 heterocycles. The van der Waals surface area contributed by atoms with Crippen molar-refractivity contribution >= 4 is 33.4 Å². The standard InChI is InChI=1S/C33H45N7O5S/c1-6-26-30(35-20-28(32(41)42)40(33(2,3)4)46(43,44)25-12-10-24(45-5)11-13-25)36-21-37-31(26)39-18-15-22(16-19-39)27-14-9-23-8-7-17-34-29(23)38-27/h9-14,21-22,28H,6-8,15-20H2,1-5H3,(H,34,38)(H,41,42)(H,35,36,37)/t28-/m0/s1. The van der Waals surface area contributed by atoms with Crippen LogP contribution in [0.25, 0.3) is 0 Å². The van der Waals surface area contributed by atoms with Gasteiger partial charge in [0.25, 0.3) is 0 Å². The molecule has 0 spiro atoms. The van der Waals surface area contributed by atoms with Gasteiger partial charge < -0.3 is 25.4 Å². The summed E-state index contributed by atoms with van der Waals surface area (Å²) in [5.41, 5.74) is 2.24. The highest BCUT2D eigenvalue weighted by Crippen LogP contribution is 2.34. The Morgan fingerprint density at radius 3 is 2.50 bits per heavy atom. The van der Waals surface area contributed by atoms with Crippen LogP contribution in [-0.4, -0.2) is 83.6 Å². The van der Waals surface area contributed by atoms with Crippen LogP contribution in [0.1, 0.15) is 69.7 Å². The first-order valence-corrected chi connectivity index (χ1v) is 17.4. The zero-order valence-corrected chi connectivity index (χ0v) is 28.1. The molecule has 3 N–H and O–H groups in total. The van der Waals surface area contributed by atoms with Crippen molar-refractivity contribution in [2.24, 2.45) is 0 Å². The maximum Gasteiger partial charge on any atom is 0.323 e. The average Bonchev–Trinajstić information content (AvgIpc) is 3.05. The van der Waals surface area contributed by atoms with Crippen LogP contribution in [0.15, 0.2) is 47.6 Å². The average molecular weight is 652 g/mol. The summed E-state index contributed by atoms with van der Waals surface area (Å²) in [7, 11) is -2.71. The number of anilines is 3. The van der Waals surface area contributed by atoms with E-state index in [-0.39, 0.29) is 11.4 Å². The summed E-state index contributed by atoms with van der Waals surface area (Å²) in [5, 5.41) is 16.9. The van der Waals surface area contributed by atoms with Gasteiger partial charge >= 0.3 is 5.97 Å². The van der Waals surface area contributed by atoms with Crippen LogP contribution in [0.5, 0.6) is 5.75 Å². The lowest BCUT2D eigenvalue weighted by Gasteiger charge is -2.38. The molecule has 0 saturated carbocycles. The van der Waals surface area contributed by atoms with E-state index in [1.54, 1.807) is 32.9 Å². The van der Waals surface area contributed by atoms with E-state index >= 15 is 0 Å². The molecule has 46 heavy (non-hydrogen) atoms. The third-order valence-corrected chi connectivity index (χ3v) is 10.9. The van der Waals surface area contributed by atoms with Crippen LogP contribution in [0.2, 0.25) is 0 Å². The molecule has 3 aromatic rings. The second-order valence-electron chi connectivity index (χ2n) is 12.8. The van der Waals surface area contributed by atoms with Crippen molar-refractivity contribution in [3.05, 3.63) is 59.5 Å². The van der Waals surface area contributed by atoms with Crippen molar-refractivity contribution in [2.45, 2.75) is 82.2 Å². The fourth-order valence-corrected chi connectivity index (χ4v) is 8.36. The number of nitrogens with zero attached hydrogens (tertiary/aromatic N) is 5. The lowest BCUT2D eigenvalue weighted by Crippen LogP contribution is -2.56. The number of aromatic nitrogens is 3. The number of pyridine rings is 1. The van der Waals surface area contributed by atoms with Crippen LogP contribution in [0, 0.1) is 0 Å². The first kappa shape index (κ1) is 33.4. The predicted octanol–water partition coefficient (Wildman–Crippen LogP) is 4.54. The minimum atomic E-state index is -4.20. The van der Waals surface area contributed by atoms with Crippen molar-refractivity contribution in [1.29, 1.82) is 0 Å². The van der Waals surface area contributed by atoms with Crippen LogP contribution in [-0.2, 0) is 27.7 Å². The summed E-state index contributed by atoms with van der Waals surface area (Å²) in [6, 6.07) is 8.90. The molecule has 0 radical (unpaired) electrons. The van der Waals surface area contributed by atoms with Crippen molar-refractivity contribution in [3.63, 3.8) is 0 Å². The molecule has 1 atom stereocenters. The van der Waals surface area contributed by atoms with E-state index in [0.29, 0.717) is 23.9 Å². The van der Waals surface area contributed by atoms with Gasteiger partial charge in [-0.1, -0.05) is 13.0 Å². The Morgan fingerprint density at radius 2 is 1.87 bits per heavy atom. The Morgan fingerprint density at radius 1 is 1.15 bits per heavy atom. The van der Waals surface area contributed by atoms with Gasteiger partial charge in [0.2, 0.25) is 10.0 Å². The number of carboxylic acids is 1. The molecular weight excluding hydrogens is 606 g/mol. The normalized spacial score (nSPS) is 16.4. The van der Waals surface area contributed by atoms with Gasteiger partial charge in [-0.15, -0.1) is 0 Å². The molecule has 0 aliphatic carbocycles. The predicted molar refractivity (Wildman–Crippen MR) is 178 cm³/mol. The number of hydrogen-bond acceptors (Lipinski definition) is 10. The number of ether oxygens (including phenoxy) is 1. The van der Waals surface area contributed by atoms with E-state index in [1.165, 1.54) is 31.1 Å². The molecule has 1 fully saturated rings. The third-order valence-electron chi connectivity index (χ3n) is 8.71. The fourth-order valence-electron chi connectivity index (χ4n) is 6.43. The number of carboxylic acid groups (broad SMARTS) is 1. The lowest BCUT2D eigenvalue weighted by molar-refractivity contribution is -0.142. The second kappa shape index (κ2) is 13.8. The second-order valence-corrected chi connectivity index (χ2v) is 14.6. The topological polar surface area (TPSA) is 150 Å². The van der Waals surface area contributed by atoms with Crippen molar-refractivity contribution in [3.8, 4) is 5.75 Å². The van der Waals surface area contributed by atoms with Crippen LogP contribution < -0.4 is 20.3 Å². The maximum atomic E-state index is 13.9. The van der Waals surface area contributed by atoms with Gasteiger partial charge in [-0.2, -0.15) is 4.31 Å². The number of sulfonamides is 1. The number of fused-ring (bicyclic) bond motifs is 1. The number of methoxy groups -OCH3 is 1. The Bertz CT molecular complexity index is 1640. The van der Waals surface area contributed by atoms with Crippen molar-refractivity contribution in [1.82, 2.24) is 19.3 Å². The summed E-state index contributed by atoms with van der Waals surface area (Å²) in [6.45, 7) is 9.44. The zero-order valence-electron chi connectivity index (χ0n) is 27.3. The van der Waals surface area contributed by atoms with E-state index in [9.17, 15) is 18.3 Å². The molecule has 13 heteroatoms. The first-order valence-electron chi connectivity index (χ1n) is 15.9. The monoisotopic (exact) mass is 651 g/mol. The van der Waals surface area contributed by atoms with Crippen LogP contribution in [0.4, 0.5) is 17.5 Å². The third kappa shape index (κ3) is 7.05. The number of aryl methyl sites for hydroxylation is 1. The molecule has 1 saturated heterocycles. The Labute approximate surface area is 271 Å². The van der Waals surface area contributed by atoms with Crippen LogP contribution in [0.3, 0.4) is 0 Å². The van der Waals surface area contributed by atoms with E-state index in [0.717, 1.165) is 72.5 Å². The molecule has 12 nitrogen and oxygen atoms in total. The van der Waals surface area contributed by atoms with E-state index in [1.807, 2.05) is 6.92 Å². The van der Waals surface area contributed by atoms with Gasteiger partial charge in [0.15, 0.2) is 0 Å². The van der Waals surface area contributed by atoms with Crippen molar-refractivity contribution in [2.75, 3.05) is 48.8 Å². The quantitative estimate of drug-likeness (QED) is 0.268. The molecule has 0 bridgehead atoms. The minimum Gasteiger partial charge on any atom is -0.497 e. The first-order chi connectivity index (χ1) is 21.9. The summed E-state index contributed by atoms with van der Waals surface area (Å²) >= 11 is 0. The number of piperidine rings is 1. The molecule has 5 rings (SSSR count). The number of hydrogen-bond donors (Lipinski definition) is 3. The smallest absolute Gasteiger partial charge is 0.323 e. The highest BCUT2D eigenvalue weighted by atomic mass is 32.2. The molecule has 0 unspecified atom stereocenters. The van der Waals surface area contributed by atoms with E-state index < -0.39 is 27.6 Å². The van der Waals surface area contributed by atoms with Gasteiger partial charge in [-0.25, -0.2) is 23.4 Å². The molecular formula is C33H45N7O5S. The van der Waals surface area contributed by atoms with Gasteiger partial charge in [0, 0.05) is 48.9 Å². The molecule has 1 aromatic carbocycles. The Hall–Kier alpha value is -3.97. The Balaban J connectivity index is 1.33. The summed E-state index contributed by atoms with van der Waals surface area (Å²) in [4.78, 5) is 28.9. The SMILES string of the molecule is CCc1c(NC[C@@H](C(=O)O)N(C(C)(C)C)S(=O)(=O)c2ccc(OC)cc2)ncnc1N1CCC(c2ccc3c(n2)NCCC3)CC1. The molecule has 0 amide bonds. The van der Waals surface area contributed by atoms with Gasteiger partial charge in [0.05, 0.1) is 12.0 Å². The van der Waals surface area contributed by atoms with Crippen LogP contribution >= 0.6 is 0 Å². The number of carbonyl (C=O) groups is 1. The summed E-state index contributed by atoms with van der Waals surface area (Å²) in [6.07, 6.45) is 6.17. The maximum absolute atomic E-state index is 13.9. The number of benzene rings is 1. The van der Waals surface area contributed by atoms with E-state index in [2.05, 4.69) is 37.6 Å². The minimum absolute atomic E-state index is 0.0155. The van der Waals surface area contributed by atoms with Gasteiger partial charge in [-0.05, 0) is 88.8 Å². The molecule has 248 valence electrons. The zero-order chi connectivity index (χ0) is 33.1. The van der Waals surface area contributed by atoms with Gasteiger partial charge in [-0.3, -0.25) is 4.79 Å². The van der Waals surface area contributed by atoms with Crippen molar-refractivity contribution < 1.29 is 23.1 Å². The highest BCUT2D eigenvalue weighted by Gasteiger charge is 2.43. The molecule has 2 aromatic heterocycles. The number of rotatable bonds is 11. The number of aliphatic carboxylic acids is 1. The lowest BCUT2D eigenvalue weighted by atomic mass is 9.92. The molecule has 2 aliphatic rings.